The van der Waals surface area contributed by atoms with Crippen LogP contribution in [0.4, 0.5) is 17.6 Å². The zero-order valence-electron chi connectivity index (χ0n) is 13.9. The second-order valence-corrected chi connectivity index (χ2v) is 6.21. The van der Waals surface area contributed by atoms with E-state index in [0.717, 1.165) is 18.4 Å². The van der Waals surface area contributed by atoms with E-state index in [0.29, 0.717) is 24.5 Å². The molecule has 0 aliphatic heterocycles. The lowest BCUT2D eigenvalue weighted by molar-refractivity contribution is -0.384. The number of non-ortho nitro benzene ring substituents is 1. The summed E-state index contributed by atoms with van der Waals surface area (Å²) in [5.74, 6) is 0.736. The molecular weight excluding hydrogens is 324 g/mol. The van der Waals surface area contributed by atoms with Crippen molar-refractivity contribution in [3.05, 3.63) is 50.4 Å². The molecule has 1 aliphatic carbocycles. The highest BCUT2D eigenvalue weighted by atomic mass is 16.6. The first kappa shape index (κ1) is 16.9. The van der Waals surface area contributed by atoms with Crippen molar-refractivity contribution in [3.8, 4) is 0 Å². The summed E-state index contributed by atoms with van der Waals surface area (Å²) < 4.78 is 0. The Bertz CT molecular complexity index is 798. The molecule has 2 N–H and O–H groups in total. The Morgan fingerprint density at radius 1 is 1.28 bits per heavy atom. The fourth-order valence-electron chi connectivity index (χ4n) is 2.94. The van der Waals surface area contributed by atoms with Crippen LogP contribution in [0, 0.1) is 10.1 Å². The number of anilines is 2. The van der Waals surface area contributed by atoms with E-state index in [2.05, 4.69) is 20.3 Å². The zero-order chi connectivity index (χ0) is 17.8. The lowest BCUT2D eigenvalue weighted by atomic mass is 10.2. The number of nitro benzene ring substituents is 1. The number of H-pyrrole nitrogens is 1. The summed E-state index contributed by atoms with van der Waals surface area (Å²) in [7, 11) is 1.77. The van der Waals surface area contributed by atoms with Crippen molar-refractivity contribution in [2.24, 2.45) is 0 Å². The smallest absolute Gasteiger partial charge is 0.350 e. The SMILES string of the molecule is CN(Cc1ccc([N+](=O)[O-])cc1)c1nc(NC2CCCC2)[nH]c(=O)n1. The molecule has 1 heterocycles. The van der Waals surface area contributed by atoms with Gasteiger partial charge in [0.25, 0.3) is 5.69 Å². The molecule has 0 bridgehead atoms. The summed E-state index contributed by atoms with van der Waals surface area (Å²) >= 11 is 0. The largest absolute Gasteiger partial charge is 0.353 e. The molecule has 9 nitrogen and oxygen atoms in total. The number of nitrogens with zero attached hydrogens (tertiary/aromatic N) is 4. The summed E-state index contributed by atoms with van der Waals surface area (Å²) in [6.45, 7) is 0.435. The Hall–Kier alpha value is -2.97. The molecule has 1 aromatic heterocycles. The molecular formula is C16H20N6O3. The van der Waals surface area contributed by atoms with Crippen LogP contribution in [0.25, 0.3) is 0 Å². The van der Waals surface area contributed by atoms with Crippen LogP contribution in [-0.2, 0) is 6.54 Å². The van der Waals surface area contributed by atoms with E-state index >= 15 is 0 Å². The molecule has 1 fully saturated rings. The van der Waals surface area contributed by atoms with E-state index in [4.69, 9.17) is 0 Å². The maximum Gasteiger partial charge on any atom is 0.350 e. The van der Waals surface area contributed by atoms with E-state index in [9.17, 15) is 14.9 Å². The highest BCUT2D eigenvalue weighted by Gasteiger charge is 2.17. The third-order valence-electron chi connectivity index (χ3n) is 4.24. The summed E-state index contributed by atoms with van der Waals surface area (Å²) in [5, 5.41) is 14.0. The molecule has 0 amide bonds. The van der Waals surface area contributed by atoms with Gasteiger partial charge in [0, 0.05) is 31.8 Å². The molecule has 1 aliphatic rings. The van der Waals surface area contributed by atoms with Gasteiger partial charge >= 0.3 is 5.69 Å². The van der Waals surface area contributed by atoms with E-state index in [-0.39, 0.29) is 5.69 Å². The Kier molecular flexibility index (Phi) is 4.92. The number of hydrogen-bond acceptors (Lipinski definition) is 7. The molecule has 2 aromatic rings. The van der Waals surface area contributed by atoms with Crippen molar-refractivity contribution in [2.45, 2.75) is 38.3 Å². The number of benzene rings is 1. The number of aromatic nitrogens is 3. The molecule has 25 heavy (non-hydrogen) atoms. The normalized spacial score (nSPS) is 14.4. The molecule has 3 rings (SSSR count). The first-order chi connectivity index (χ1) is 12.0. The van der Waals surface area contributed by atoms with E-state index < -0.39 is 10.6 Å². The van der Waals surface area contributed by atoms with Crippen molar-refractivity contribution >= 4 is 17.6 Å². The van der Waals surface area contributed by atoms with Crippen molar-refractivity contribution in [2.75, 3.05) is 17.3 Å². The maximum absolute atomic E-state index is 11.8. The van der Waals surface area contributed by atoms with Gasteiger partial charge < -0.3 is 10.2 Å². The van der Waals surface area contributed by atoms with Gasteiger partial charge in [-0.05, 0) is 18.4 Å². The van der Waals surface area contributed by atoms with Crippen LogP contribution in [0.1, 0.15) is 31.2 Å². The fourth-order valence-corrected chi connectivity index (χ4v) is 2.94. The Balaban J connectivity index is 1.72. The molecule has 0 spiro atoms. The van der Waals surface area contributed by atoms with Crippen LogP contribution in [0.15, 0.2) is 29.1 Å². The van der Waals surface area contributed by atoms with Crippen molar-refractivity contribution in [1.29, 1.82) is 0 Å². The molecule has 132 valence electrons. The number of aromatic amines is 1. The summed E-state index contributed by atoms with van der Waals surface area (Å²) in [6.07, 6.45) is 4.50. The van der Waals surface area contributed by atoms with Gasteiger partial charge in [-0.1, -0.05) is 25.0 Å². The standard InChI is InChI=1S/C16H20N6O3/c1-21(10-11-6-8-13(9-7-11)22(24)25)15-18-14(19-16(23)20-15)17-12-4-2-3-5-12/h6-9,12H,2-5,10H2,1H3,(H2,17,18,19,20,23). The number of nitro groups is 1. The second kappa shape index (κ2) is 7.29. The first-order valence-electron chi connectivity index (χ1n) is 8.20. The third-order valence-corrected chi connectivity index (χ3v) is 4.24. The summed E-state index contributed by atoms with van der Waals surface area (Å²) in [4.78, 5) is 34.7. The molecule has 9 heteroatoms. The van der Waals surface area contributed by atoms with Crippen LogP contribution < -0.4 is 15.9 Å². The van der Waals surface area contributed by atoms with E-state index in [1.165, 1.54) is 25.0 Å². The average molecular weight is 344 g/mol. The van der Waals surface area contributed by atoms with Gasteiger partial charge in [-0.2, -0.15) is 9.97 Å². The van der Waals surface area contributed by atoms with Crippen LogP contribution in [0.2, 0.25) is 0 Å². The second-order valence-electron chi connectivity index (χ2n) is 6.21. The molecule has 1 aromatic carbocycles. The van der Waals surface area contributed by atoms with E-state index in [1.54, 1.807) is 24.1 Å². The monoisotopic (exact) mass is 344 g/mol. The molecule has 0 saturated heterocycles. The fraction of sp³-hybridized carbons (Fsp3) is 0.438. The quantitative estimate of drug-likeness (QED) is 0.608. The minimum absolute atomic E-state index is 0.0434. The zero-order valence-corrected chi connectivity index (χ0v) is 13.9. The van der Waals surface area contributed by atoms with Gasteiger partial charge in [0.1, 0.15) is 0 Å². The van der Waals surface area contributed by atoms with Gasteiger partial charge in [0.15, 0.2) is 0 Å². The number of nitrogens with one attached hydrogen (secondary N) is 2. The summed E-state index contributed by atoms with van der Waals surface area (Å²) in [6, 6.07) is 6.60. The number of hydrogen-bond donors (Lipinski definition) is 2. The highest BCUT2D eigenvalue weighted by molar-refractivity contribution is 5.38. The topological polar surface area (TPSA) is 117 Å². The average Bonchev–Trinajstić information content (AvgIpc) is 3.07. The summed E-state index contributed by atoms with van der Waals surface area (Å²) in [5.41, 5.74) is 0.449. The van der Waals surface area contributed by atoms with Crippen LogP contribution >= 0.6 is 0 Å². The van der Waals surface area contributed by atoms with Crippen LogP contribution in [0.3, 0.4) is 0 Å². The maximum atomic E-state index is 11.8. The first-order valence-corrected chi connectivity index (χ1v) is 8.20. The van der Waals surface area contributed by atoms with Gasteiger partial charge in [-0.15, -0.1) is 0 Å². The molecule has 1 saturated carbocycles. The Labute approximate surface area is 144 Å². The van der Waals surface area contributed by atoms with Crippen molar-refractivity contribution < 1.29 is 4.92 Å². The van der Waals surface area contributed by atoms with Gasteiger partial charge in [0.2, 0.25) is 11.9 Å². The molecule has 0 unspecified atom stereocenters. The minimum Gasteiger partial charge on any atom is -0.353 e. The van der Waals surface area contributed by atoms with Crippen LogP contribution in [-0.4, -0.2) is 33.0 Å². The van der Waals surface area contributed by atoms with Gasteiger partial charge in [0.05, 0.1) is 4.92 Å². The lowest BCUT2D eigenvalue weighted by Crippen LogP contribution is -2.27. The molecule has 0 atom stereocenters. The highest BCUT2D eigenvalue weighted by Crippen LogP contribution is 2.21. The third kappa shape index (κ3) is 4.31. The predicted octanol–water partition coefficient (Wildman–Crippen LogP) is 2.06. The lowest BCUT2D eigenvalue weighted by Gasteiger charge is -2.18. The van der Waals surface area contributed by atoms with Gasteiger partial charge in [-0.25, -0.2) is 4.79 Å². The van der Waals surface area contributed by atoms with Gasteiger partial charge in [-0.3, -0.25) is 15.1 Å². The van der Waals surface area contributed by atoms with E-state index in [1.807, 2.05) is 0 Å². The van der Waals surface area contributed by atoms with Crippen molar-refractivity contribution in [1.82, 2.24) is 15.0 Å². The predicted molar refractivity (Wildman–Crippen MR) is 93.7 cm³/mol. The van der Waals surface area contributed by atoms with Crippen LogP contribution in [0.5, 0.6) is 0 Å². The van der Waals surface area contributed by atoms with Crippen molar-refractivity contribution in [3.63, 3.8) is 0 Å². The Morgan fingerprint density at radius 2 is 1.96 bits per heavy atom. The number of rotatable bonds is 6. The Morgan fingerprint density at radius 3 is 2.60 bits per heavy atom. The minimum atomic E-state index is -0.457. The molecule has 0 radical (unpaired) electrons.